The molecule has 0 unspecified atom stereocenters. The Hall–Kier alpha value is -2.07. The summed E-state index contributed by atoms with van der Waals surface area (Å²) in [6.07, 6.45) is 5.45. The zero-order valence-corrected chi connectivity index (χ0v) is 14.5. The third kappa shape index (κ3) is 3.54. The Balaban J connectivity index is 1.31. The maximum atomic E-state index is 5.49. The van der Waals surface area contributed by atoms with Crippen LogP contribution < -0.4 is 16.0 Å². The van der Waals surface area contributed by atoms with E-state index < -0.39 is 0 Å². The maximum absolute atomic E-state index is 5.49. The van der Waals surface area contributed by atoms with Gasteiger partial charge in [-0.2, -0.15) is 0 Å². The van der Waals surface area contributed by atoms with Gasteiger partial charge in [-0.1, -0.05) is 24.6 Å². The first-order valence-electron chi connectivity index (χ1n) is 8.76. The van der Waals surface area contributed by atoms with E-state index in [0.717, 1.165) is 34.0 Å². The summed E-state index contributed by atoms with van der Waals surface area (Å²) < 4.78 is 0. The highest BCUT2D eigenvalue weighted by Crippen LogP contribution is 2.44. The molecule has 0 heterocycles. The molecule has 2 aromatic rings. The van der Waals surface area contributed by atoms with Gasteiger partial charge in [0.25, 0.3) is 0 Å². The van der Waals surface area contributed by atoms with Crippen molar-refractivity contribution in [1.82, 2.24) is 5.32 Å². The van der Waals surface area contributed by atoms with Gasteiger partial charge in [-0.05, 0) is 79.7 Å². The summed E-state index contributed by atoms with van der Waals surface area (Å²) in [4.78, 5) is 0. The van der Waals surface area contributed by atoms with Crippen LogP contribution in [0, 0.1) is 11.8 Å². The molecular formula is C20H23N3S. The normalized spacial score (nSPS) is 24.6. The highest BCUT2D eigenvalue weighted by molar-refractivity contribution is 7.80. The predicted molar refractivity (Wildman–Crippen MR) is 105 cm³/mol. The zero-order valence-electron chi connectivity index (χ0n) is 13.7. The lowest BCUT2D eigenvalue weighted by Gasteiger charge is -2.24. The van der Waals surface area contributed by atoms with Crippen LogP contribution in [-0.2, 0) is 0 Å². The number of fused-ring (bicyclic) bond motifs is 2. The first kappa shape index (κ1) is 15.5. The van der Waals surface area contributed by atoms with Gasteiger partial charge in [-0.15, -0.1) is 0 Å². The van der Waals surface area contributed by atoms with Crippen LogP contribution in [0.15, 0.2) is 54.6 Å². The first-order chi connectivity index (χ1) is 11.8. The van der Waals surface area contributed by atoms with Crippen molar-refractivity contribution in [2.24, 2.45) is 11.8 Å². The van der Waals surface area contributed by atoms with E-state index in [9.17, 15) is 0 Å². The molecule has 0 radical (unpaired) electrons. The standard InChI is InChI=1S/C20H23N3S/c24-20(23-19-13-14-6-7-15(19)12-14)22-18-10-8-17(9-11-18)21-16-4-2-1-3-5-16/h1-5,8-11,14-15,19,21H,6-7,12-13H2,(H2,22,23,24)/t14-,15-,19-/m1/s1. The van der Waals surface area contributed by atoms with Crippen LogP contribution in [0.3, 0.4) is 0 Å². The van der Waals surface area contributed by atoms with Gasteiger partial charge in [-0.25, -0.2) is 0 Å². The fourth-order valence-electron chi connectivity index (χ4n) is 4.08. The molecule has 3 N–H and O–H groups in total. The molecule has 2 aliphatic carbocycles. The predicted octanol–water partition coefficient (Wildman–Crippen LogP) is 4.91. The smallest absolute Gasteiger partial charge is 0.171 e. The minimum Gasteiger partial charge on any atom is -0.359 e. The number of anilines is 3. The zero-order chi connectivity index (χ0) is 16.4. The molecule has 3 nitrogen and oxygen atoms in total. The second kappa shape index (κ2) is 6.81. The Bertz CT molecular complexity index is 699. The van der Waals surface area contributed by atoms with Gasteiger partial charge in [0, 0.05) is 23.1 Å². The molecule has 2 aliphatic rings. The maximum Gasteiger partial charge on any atom is 0.171 e. The highest BCUT2D eigenvalue weighted by atomic mass is 32.1. The average Bonchev–Trinajstić information content (AvgIpc) is 3.20. The van der Waals surface area contributed by atoms with Crippen LogP contribution in [0.2, 0.25) is 0 Å². The molecule has 0 spiro atoms. The van der Waals surface area contributed by atoms with Crippen LogP contribution in [0.4, 0.5) is 17.1 Å². The van der Waals surface area contributed by atoms with Crippen molar-refractivity contribution in [3.63, 3.8) is 0 Å². The van der Waals surface area contributed by atoms with Crippen molar-refractivity contribution in [2.45, 2.75) is 31.7 Å². The van der Waals surface area contributed by atoms with Gasteiger partial charge in [0.2, 0.25) is 0 Å². The Morgan fingerprint density at radius 1 is 0.833 bits per heavy atom. The second-order valence-electron chi connectivity index (χ2n) is 6.95. The van der Waals surface area contributed by atoms with E-state index in [0.29, 0.717) is 6.04 Å². The number of thiocarbonyl (C=S) groups is 1. The van der Waals surface area contributed by atoms with Crippen LogP contribution >= 0.6 is 12.2 Å². The van der Waals surface area contributed by atoms with Crippen molar-refractivity contribution in [3.8, 4) is 0 Å². The summed E-state index contributed by atoms with van der Waals surface area (Å²) in [6, 6.07) is 19.0. The van der Waals surface area contributed by atoms with Crippen molar-refractivity contribution >= 4 is 34.4 Å². The second-order valence-corrected chi connectivity index (χ2v) is 7.36. The number of hydrogen-bond acceptors (Lipinski definition) is 2. The molecule has 4 heteroatoms. The quantitative estimate of drug-likeness (QED) is 0.693. The molecule has 124 valence electrons. The highest BCUT2D eigenvalue weighted by Gasteiger charge is 2.39. The summed E-state index contributed by atoms with van der Waals surface area (Å²) in [5.74, 6) is 1.76. The Labute approximate surface area is 148 Å². The fraction of sp³-hybridized carbons (Fsp3) is 0.350. The van der Waals surface area contributed by atoms with Gasteiger partial charge >= 0.3 is 0 Å². The van der Waals surface area contributed by atoms with Gasteiger partial charge in [0.15, 0.2) is 5.11 Å². The van der Waals surface area contributed by atoms with Gasteiger partial charge in [0.05, 0.1) is 0 Å². The Morgan fingerprint density at radius 3 is 2.21 bits per heavy atom. The lowest BCUT2D eigenvalue weighted by Crippen LogP contribution is -2.40. The summed E-state index contributed by atoms with van der Waals surface area (Å²) in [5, 5.41) is 11.0. The minimum absolute atomic E-state index is 0.572. The molecule has 0 saturated heterocycles. The van der Waals surface area contributed by atoms with E-state index in [1.807, 2.05) is 18.2 Å². The molecule has 3 atom stereocenters. The van der Waals surface area contributed by atoms with E-state index in [4.69, 9.17) is 12.2 Å². The molecule has 0 amide bonds. The van der Waals surface area contributed by atoms with Crippen molar-refractivity contribution < 1.29 is 0 Å². The van der Waals surface area contributed by atoms with Crippen molar-refractivity contribution in [3.05, 3.63) is 54.6 Å². The minimum atomic E-state index is 0.572. The van der Waals surface area contributed by atoms with E-state index in [1.54, 1.807) is 0 Å². The van der Waals surface area contributed by atoms with Gasteiger partial charge < -0.3 is 16.0 Å². The summed E-state index contributed by atoms with van der Waals surface area (Å²) in [6.45, 7) is 0. The molecule has 2 aromatic carbocycles. The van der Waals surface area contributed by atoms with E-state index in [2.05, 4.69) is 52.3 Å². The van der Waals surface area contributed by atoms with E-state index in [1.165, 1.54) is 25.7 Å². The van der Waals surface area contributed by atoms with Crippen molar-refractivity contribution in [1.29, 1.82) is 0 Å². The Kier molecular flexibility index (Phi) is 4.39. The number of para-hydroxylation sites is 1. The SMILES string of the molecule is S=C(Nc1ccc(Nc2ccccc2)cc1)N[C@@H]1C[C@@H]2CC[C@@H]1C2. The van der Waals surface area contributed by atoms with Gasteiger partial charge in [-0.3, -0.25) is 0 Å². The molecule has 0 aromatic heterocycles. The lowest BCUT2D eigenvalue weighted by molar-refractivity contribution is 0.392. The van der Waals surface area contributed by atoms with Crippen LogP contribution in [0.5, 0.6) is 0 Å². The summed E-state index contributed by atoms with van der Waals surface area (Å²) >= 11 is 5.49. The van der Waals surface area contributed by atoms with Crippen LogP contribution in [0.1, 0.15) is 25.7 Å². The largest absolute Gasteiger partial charge is 0.359 e. The summed E-state index contributed by atoms with van der Waals surface area (Å²) in [7, 11) is 0. The molecule has 2 bridgehead atoms. The monoisotopic (exact) mass is 337 g/mol. The molecule has 4 rings (SSSR count). The topological polar surface area (TPSA) is 36.1 Å². The Morgan fingerprint density at radius 2 is 1.54 bits per heavy atom. The third-order valence-electron chi connectivity index (χ3n) is 5.26. The van der Waals surface area contributed by atoms with E-state index in [-0.39, 0.29) is 0 Å². The molecule has 24 heavy (non-hydrogen) atoms. The third-order valence-corrected chi connectivity index (χ3v) is 5.48. The number of nitrogens with one attached hydrogen (secondary N) is 3. The number of benzene rings is 2. The molecule has 0 aliphatic heterocycles. The average molecular weight is 337 g/mol. The molecule has 2 saturated carbocycles. The number of rotatable bonds is 4. The van der Waals surface area contributed by atoms with E-state index >= 15 is 0 Å². The number of hydrogen-bond donors (Lipinski definition) is 3. The fourth-order valence-corrected chi connectivity index (χ4v) is 4.35. The molecular weight excluding hydrogens is 314 g/mol. The van der Waals surface area contributed by atoms with Crippen LogP contribution in [-0.4, -0.2) is 11.2 Å². The van der Waals surface area contributed by atoms with Gasteiger partial charge in [0.1, 0.15) is 0 Å². The first-order valence-corrected chi connectivity index (χ1v) is 9.17. The summed E-state index contributed by atoms with van der Waals surface area (Å²) in [5.41, 5.74) is 3.18. The van der Waals surface area contributed by atoms with Crippen molar-refractivity contribution in [2.75, 3.05) is 10.6 Å². The molecule has 2 fully saturated rings. The lowest BCUT2D eigenvalue weighted by atomic mass is 9.96. The van der Waals surface area contributed by atoms with Crippen LogP contribution in [0.25, 0.3) is 0 Å².